The predicted octanol–water partition coefficient (Wildman–Crippen LogP) is 3.05. The van der Waals surface area contributed by atoms with E-state index in [4.69, 9.17) is 4.74 Å². The molecule has 0 saturated carbocycles. The molecule has 1 N–H and O–H groups in total. The van der Waals surface area contributed by atoms with Gasteiger partial charge < -0.3 is 10.1 Å². The number of carbonyl (C=O) groups is 1. The molecular weight excluding hydrogens is 295 g/mol. The van der Waals surface area contributed by atoms with Crippen LogP contribution >= 0.6 is 0 Å². The van der Waals surface area contributed by atoms with E-state index >= 15 is 0 Å². The highest BCUT2D eigenvalue weighted by Gasteiger charge is 2.39. The zero-order valence-electron chi connectivity index (χ0n) is 13.7. The van der Waals surface area contributed by atoms with Crippen LogP contribution in [-0.2, 0) is 9.53 Å². The number of halogens is 1. The van der Waals surface area contributed by atoms with Crippen LogP contribution in [0, 0.1) is 11.2 Å². The summed E-state index contributed by atoms with van der Waals surface area (Å²) in [5.74, 6) is -0.325. The smallest absolute Gasteiger partial charge is 0.241 e. The van der Waals surface area contributed by atoms with Gasteiger partial charge in [-0.2, -0.15) is 0 Å². The van der Waals surface area contributed by atoms with E-state index in [2.05, 4.69) is 10.2 Å². The minimum Gasteiger partial charge on any atom is -0.381 e. The summed E-state index contributed by atoms with van der Waals surface area (Å²) in [6.45, 7) is 5.56. The Labute approximate surface area is 137 Å². The van der Waals surface area contributed by atoms with Crippen molar-refractivity contribution in [3.8, 4) is 0 Å². The molecule has 0 radical (unpaired) electrons. The number of amides is 1. The number of rotatable bonds is 3. The number of anilines is 1. The molecule has 1 atom stereocenters. The number of hydrogen-bond donors (Lipinski definition) is 1. The first-order valence-electron chi connectivity index (χ1n) is 8.46. The third-order valence-corrected chi connectivity index (χ3v) is 5.28. The Balaban J connectivity index is 1.61. The largest absolute Gasteiger partial charge is 0.381 e. The number of likely N-dealkylation sites (tertiary alicyclic amines) is 1. The summed E-state index contributed by atoms with van der Waals surface area (Å²) in [6, 6.07) is 5.72. The van der Waals surface area contributed by atoms with E-state index in [0.717, 1.165) is 45.6 Å². The normalized spacial score (nSPS) is 22.7. The fourth-order valence-electron chi connectivity index (χ4n) is 3.73. The van der Waals surface area contributed by atoms with Gasteiger partial charge in [0, 0.05) is 25.4 Å². The summed E-state index contributed by atoms with van der Waals surface area (Å²) in [4.78, 5) is 14.8. The lowest BCUT2D eigenvalue weighted by molar-refractivity contribution is -0.123. The molecule has 0 bridgehead atoms. The van der Waals surface area contributed by atoms with Crippen LogP contribution in [0.4, 0.5) is 10.1 Å². The predicted molar refractivity (Wildman–Crippen MR) is 87.8 cm³/mol. The third-order valence-electron chi connectivity index (χ3n) is 5.28. The van der Waals surface area contributed by atoms with Gasteiger partial charge in [-0.15, -0.1) is 0 Å². The average Bonchev–Trinajstić information content (AvgIpc) is 2.57. The van der Waals surface area contributed by atoms with Crippen molar-refractivity contribution in [2.45, 2.75) is 38.6 Å². The minimum atomic E-state index is -0.298. The lowest BCUT2D eigenvalue weighted by Crippen LogP contribution is -2.52. The Morgan fingerprint density at radius 2 is 1.96 bits per heavy atom. The summed E-state index contributed by atoms with van der Waals surface area (Å²) >= 11 is 0. The second-order valence-electron chi connectivity index (χ2n) is 6.86. The Hall–Kier alpha value is -1.46. The standard InChI is InChI=1S/C18H25FN2O2/c1-14(17(22)20-16-5-3-15(19)4-6-16)21-10-2-7-18(13-21)8-11-23-12-9-18/h3-6,14H,2,7-13H2,1H3,(H,20,22). The van der Waals surface area contributed by atoms with E-state index in [1.165, 1.54) is 18.6 Å². The summed E-state index contributed by atoms with van der Waals surface area (Å²) in [5.41, 5.74) is 0.960. The highest BCUT2D eigenvalue weighted by molar-refractivity contribution is 5.94. The van der Waals surface area contributed by atoms with Crippen LogP contribution in [-0.4, -0.2) is 43.2 Å². The average molecular weight is 320 g/mol. The van der Waals surface area contributed by atoms with Crippen LogP contribution in [0.2, 0.25) is 0 Å². The van der Waals surface area contributed by atoms with Crippen molar-refractivity contribution >= 4 is 11.6 Å². The molecule has 2 saturated heterocycles. The highest BCUT2D eigenvalue weighted by Crippen LogP contribution is 2.39. The topological polar surface area (TPSA) is 41.6 Å². The molecule has 2 aliphatic heterocycles. The van der Waals surface area contributed by atoms with Gasteiger partial charge in [-0.05, 0) is 68.8 Å². The van der Waals surface area contributed by atoms with E-state index < -0.39 is 0 Å². The maximum Gasteiger partial charge on any atom is 0.241 e. The van der Waals surface area contributed by atoms with Crippen molar-refractivity contribution in [1.29, 1.82) is 0 Å². The molecule has 3 rings (SSSR count). The van der Waals surface area contributed by atoms with E-state index in [1.54, 1.807) is 12.1 Å². The van der Waals surface area contributed by atoms with Crippen molar-refractivity contribution in [2.75, 3.05) is 31.6 Å². The molecule has 126 valence electrons. The van der Waals surface area contributed by atoms with Gasteiger partial charge in [-0.25, -0.2) is 4.39 Å². The van der Waals surface area contributed by atoms with Gasteiger partial charge in [0.25, 0.3) is 0 Å². The van der Waals surface area contributed by atoms with Crippen LogP contribution in [0.5, 0.6) is 0 Å². The maximum atomic E-state index is 12.9. The Morgan fingerprint density at radius 3 is 2.65 bits per heavy atom. The Bertz CT molecular complexity index is 535. The molecule has 1 unspecified atom stereocenters. The monoisotopic (exact) mass is 320 g/mol. The quantitative estimate of drug-likeness (QED) is 0.931. The zero-order valence-corrected chi connectivity index (χ0v) is 13.7. The number of nitrogens with one attached hydrogen (secondary N) is 1. The Kier molecular flexibility index (Phi) is 4.97. The molecule has 2 heterocycles. The zero-order chi connectivity index (χ0) is 16.3. The molecule has 2 aliphatic rings. The molecule has 1 spiro atoms. The summed E-state index contributed by atoms with van der Waals surface area (Å²) in [6.07, 6.45) is 4.55. The first-order valence-corrected chi connectivity index (χ1v) is 8.46. The molecule has 23 heavy (non-hydrogen) atoms. The second-order valence-corrected chi connectivity index (χ2v) is 6.86. The van der Waals surface area contributed by atoms with E-state index in [9.17, 15) is 9.18 Å². The molecule has 0 aliphatic carbocycles. The molecular formula is C18H25FN2O2. The Morgan fingerprint density at radius 1 is 1.26 bits per heavy atom. The third kappa shape index (κ3) is 3.90. The first kappa shape index (κ1) is 16.4. The van der Waals surface area contributed by atoms with Crippen LogP contribution in [0.25, 0.3) is 0 Å². The summed E-state index contributed by atoms with van der Waals surface area (Å²) in [7, 11) is 0. The van der Waals surface area contributed by atoms with Gasteiger partial charge in [0.1, 0.15) is 5.82 Å². The highest BCUT2D eigenvalue weighted by atomic mass is 19.1. The molecule has 1 aromatic rings. The molecule has 0 aromatic heterocycles. The van der Waals surface area contributed by atoms with E-state index in [0.29, 0.717) is 11.1 Å². The van der Waals surface area contributed by atoms with Gasteiger partial charge >= 0.3 is 0 Å². The second kappa shape index (κ2) is 6.97. The lowest BCUT2D eigenvalue weighted by Gasteiger charge is -2.46. The number of nitrogens with zero attached hydrogens (tertiary/aromatic N) is 1. The summed E-state index contributed by atoms with van der Waals surface area (Å²) in [5, 5.41) is 2.89. The number of hydrogen-bond acceptors (Lipinski definition) is 3. The molecule has 4 nitrogen and oxygen atoms in total. The van der Waals surface area contributed by atoms with Crippen molar-refractivity contribution in [3.63, 3.8) is 0 Å². The molecule has 5 heteroatoms. The van der Waals surface area contributed by atoms with Gasteiger partial charge in [-0.3, -0.25) is 9.69 Å². The van der Waals surface area contributed by atoms with E-state index in [-0.39, 0.29) is 17.8 Å². The number of piperidine rings is 1. The number of carbonyl (C=O) groups excluding carboxylic acids is 1. The van der Waals surface area contributed by atoms with Crippen LogP contribution in [0.3, 0.4) is 0 Å². The van der Waals surface area contributed by atoms with Crippen LogP contribution in [0.1, 0.15) is 32.6 Å². The fourth-order valence-corrected chi connectivity index (χ4v) is 3.73. The number of benzene rings is 1. The van der Waals surface area contributed by atoms with Gasteiger partial charge in [0.15, 0.2) is 0 Å². The lowest BCUT2D eigenvalue weighted by atomic mass is 9.73. The SMILES string of the molecule is CC(C(=O)Nc1ccc(F)cc1)N1CCCC2(CCOCC2)C1. The molecule has 1 aromatic carbocycles. The van der Waals surface area contributed by atoms with Crippen molar-refractivity contribution in [2.24, 2.45) is 5.41 Å². The number of ether oxygens (including phenoxy) is 1. The van der Waals surface area contributed by atoms with Gasteiger partial charge in [0.05, 0.1) is 6.04 Å². The maximum absolute atomic E-state index is 12.9. The van der Waals surface area contributed by atoms with Gasteiger partial charge in [-0.1, -0.05) is 0 Å². The summed E-state index contributed by atoms with van der Waals surface area (Å²) < 4.78 is 18.4. The molecule has 2 fully saturated rings. The van der Waals surface area contributed by atoms with Crippen molar-refractivity contribution in [3.05, 3.63) is 30.1 Å². The van der Waals surface area contributed by atoms with Crippen LogP contribution < -0.4 is 5.32 Å². The van der Waals surface area contributed by atoms with E-state index in [1.807, 2.05) is 6.92 Å². The minimum absolute atomic E-state index is 0.0271. The fraction of sp³-hybridized carbons (Fsp3) is 0.611. The van der Waals surface area contributed by atoms with Crippen molar-refractivity contribution in [1.82, 2.24) is 4.90 Å². The molecule has 1 amide bonds. The van der Waals surface area contributed by atoms with Gasteiger partial charge in [0.2, 0.25) is 5.91 Å². The van der Waals surface area contributed by atoms with Crippen molar-refractivity contribution < 1.29 is 13.9 Å². The van der Waals surface area contributed by atoms with Crippen LogP contribution in [0.15, 0.2) is 24.3 Å². The first-order chi connectivity index (χ1) is 11.1.